The SMILES string of the molecule is Fc1cc(N2CCN(c3cc(C4CC4)ncn3)CC2)ccn1. The van der Waals surface area contributed by atoms with Crippen LogP contribution in [0.15, 0.2) is 30.7 Å². The van der Waals surface area contributed by atoms with E-state index in [0.717, 1.165) is 37.7 Å². The van der Waals surface area contributed by atoms with E-state index >= 15 is 0 Å². The van der Waals surface area contributed by atoms with Gasteiger partial charge in [0.1, 0.15) is 12.1 Å². The molecule has 114 valence electrons. The molecule has 0 amide bonds. The maximum atomic E-state index is 13.2. The van der Waals surface area contributed by atoms with E-state index in [1.54, 1.807) is 6.33 Å². The van der Waals surface area contributed by atoms with Gasteiger partial charge in [-0.25, -0.2) is 15.0 Å². The first-order valence-corrected chi connectivity index (χ1v) is 7.73. The van der Waals surface area contributed by atoms with Gasteiger partial charge in [0.2, 0.25) is 5.95 Å². The molecule has 0 aromatic carbocycles. The molecule has 1 aliphatic carbocycles. The van der Waals surface area contributed by atoms with Gasteiger partial charge < -0.3 is 9.80 Å². The van der Waals surface area contributed by atoms with Crippen molar-refractivity contribution in [3.8, 4) is 0 Å². The second-order valence-corrected chi connectivity index (χ2v) is 5.89. The summed E-state index contributed by atoms with van der Waals surface area (Å²) in [5, 5.41) is 0. The van der Waals surface area contributed by atoms with Crippen molar-refractivity contribution in [2.45, 2.75) is 18.8 Å². The molecule has 0 spiro atoms. The average molecular weight is 299 g/mol. The minimum absolute atomic E-state index is 0.426. The molecule has 0 atom stereocenters. The number of nitrogens with zero attached hydrogens (tertiary/aromatic N) is 5. The Labute approximate surface area is 128 Å². The van der Waals surface area contributed by atoms with Gasteiger partial charge in [-0.2, -0.15) is 4.39 Å². The number of aromatic nitrogens is 3. The average Bonchev–Trinajstić information content (AvgIpc) is 3.40. The highest BCUT2D eigenvalue weighted by molar-refractivity contribution is 5.48. The molecule has 0 N–H and O–H groups in total. The van der Waals surface area contributed by atoms with Gasteiger partial charge in [-0.1, -0.05) is 0 Å². The number of hydrogen-bond acceptors (Lipinski definition) is 5. The van der Waals surface area contributed by atoms with Crippen LogP contribution in [0.2, 0.25) is 0 Å². The first-order chi connectivity index (χ1) is 10.8. The Kier molecular flexibility index (Phi) is 3.36. The van der Waals surface area contributed by atoms with Crippen LogP contribution >= 0.6 is 0 Å². The summed E-state index contributed by atoms with van der Waals surface area (Å²) in [7, 11) is 0. The Morgan fingerprint density at radius 3 is 2.45 bits per heavy atom. The van der Waals surface area contributed by atoms with E-state index in [4.69, 9.17) is 0 Å². The summed E-state index contributed by atoms with van der Waals surface area (Å²) < 4.78 is 13.2. The molecule has 6 heteroatoms. The molecule has 22 heavy (non-hydrogen) atoms. The topological polar surface area (TPSA) is 45.2 Å². The van der Waals surface area contributed by atoms with E-state index in [1.165, 1.54) is 30.8 Å². The quantitative estimate of drug-likeness (QED) is 0.813. The normalized spacial score (nSPS) is 18.6. The van der Waals surface area contributed by atoms with Crippen molar-refractivity contribution in [1.29, 1.82) is 0 Å². The van der Waals surface area contributed by atoms with Crippen LogP contribution < -0.4 is 9.80 Å². The first kappa shape index (κ1) is 13.4. The number of rotatable bonds is 3. The highest BCUT2D eigenvalue weighted by Gasteiger charge is 2.26. The predicted molar refractivity (Wildman–Crippen MR) is 82.6 cm³/mol. The van der Waals surface area contributed by atoms with Crippen molar-refractivity contribution in [3.63, 3.8) is 0 Å². The lowest BCUT2D eigenvalue weighted by Crippen LogP contribution is -2.46. The van der Waals surface area contributed by atoms with Crippen molar-refractivity contribution in [3.05, 3.63) is 42.4 Å². The summed E-state index contributed by atoms with van der Waals surface area (Å²) in [6.07, 6.45) is 5.69. The molecule has 2 fully saturated rings. The molecule has 0 bridgehead atoms. The van der Waals surface area contributed by atoms with Crippen molar-refractivity contribution in [2.75, 3.05) is 36.0 Å². The van der Waals surface area contributed by atoms with Gasteiger partial charge in [-0.15, -0.1) is 0 Å². The molecule has 5 nitrogen and oxygen atoms in total. The third-order valence-electron chi connectivity index (χ3n) is 4.35. The summed E-state index contributed by atoms with van der Waals surface area (Å²) in [5.41, 5.74) is 2.07. The Bertz CT molecular complexity index is 665. The molecule has 4 rings (SSSR count). The zero-order chi connectivity index (χ0) is 14.9. The number of anilines is 2. The lowest BCUT2D eigenvalue weighted by atomic mass is 10.2. The van der Waals surface area contributed by atoms with Gasteiger partial charge in [0.15, 0.2) is 0 Å². The molecular formula is C16H18FN5. The fourth-order valence-corrected chi connectivity index (χ4v) is 2.92. The van der Waals surface area contributed by atoms with E-state index in [9.17, 15) is 4.39 Å². The van der Waals surface area contributed by atoms with Gasteiger partial charge in [0.05, 0.1) is 0 Å². The van der Waals surface area contributed by atoms with Crippen LogP contribution in [0.25, 0.3) is 0 Å². The van der Waals surface area contributed by atoms with Crippen LogP contribution in [-0.2, 0) is 0 Å². The highest BCUT2D eigenvalue weighted by Crippen LogP contribution is 2.39. The third-order valence-corrected chi connectivity index (χ3v) is 4.35. The van der Waals surface area contributed by atoms with Crippen LogP contribution in [0, 0.1) is 5.95 Å². The van der Waals surface area contributed by atoms with Gasteiger partial charge >= 0.3 is 0 Å². The third kappa shape index (κ3) is 2.73. The van der Waals surface area contributed by atoms with Crippen LogP contribution in [0.1, 0.15) is 24.5 Å². The zero-order valence-corrected chi connectivity index (χ0v) is 12.3. The van der Waals surface area contributed by atoms with Crippen molar-refractivity contribution >= 4 is 11.5 Å². The van der Waals surface area contributed by atoms with Crippen molar-refractivity contribution < 1.29 is 4.39 Å². The molecule has 0 radical (unpaired) electrons. The second kappa shape index (κ2) is 5.51. The molecule has 3 heterocycles. The van der Waals surface area contributed by atoms with E-state index in [2.05, 4.69) is 30.8 Å². The predicted octanol–water partition coefficient (Wildman–Crippen LogP) is 2.21. The van der Waals surface area contributed by atoms with Gasteiger partial charge in [0.25, 0.3) is 0 Å². The van der Waals surface area contributed by atoms with Gasteiger partial charge in [-0.3, -0.25) is 0 Å². The fraction of sp³-hybridized carbons (Fsp3) is 0.438. The first-order valence-electron chi connectivity index (χ1n) is 7.73. The standard InChI is InChI=1S/C16H18FN5/c17-15-9-13(3-4-18-15)21-5-7-22(8-6-21)16-10-14(12-1-2-12)19-11-20-16/h3-4,9-12H,1-2,5-8H2. The Balaban J connectivity index is 1.44. The van der Waals surface area contributed by atoms with Crippen molar-refractivity contribution in [2.24, 2.45) is 0 Å². The van der Waals surface area contributed by atoms with Gasteiger partial charge in [0, 0.05) is 61.8 Å². The molecule has 2 aliphatic rings. The maximum Gasteiger partial charge on any atom is 0.214 e. The summed E-state index contributed by atoms with van der Waals surface area (Å²) in [6.45, 7) is 3.47. The lowest BCUT2D eigenvalue weighted by Gasteiger charge is -2.36. The molecule has 1 saturated carbocycles. The number of hydrogen-bond donors (Lipinski definition) is 0. The van der Waals surface area contributed by atoms with Crippen LogP contribution in [0.3, 0.4) is 0 Å². The molecule has 1 aliphatic heterocycles. The van der Waals surface area contributed by atoms with E-state index in [0.29, 0.717) is 5.92 Å². The van der Waals surface area contributed by atoms with Crippen LogP contribution in [-0.4, -0.2) is 41.1 Å². The van der Waals surface area contributed by atoms with E-state index in [-0.39, 0.29) is 0 Å². The van der Waals surface area contributed by atoms with Crippen LogP contribution in [0.4, 0.5) is 15.9 Å². The Morgan fingerprint density at radius 1 is 0.955 bits per heavy atom. The molecular weight excluding hydrogens is 281 g/mol. The largest absolute Gasteiger partial charge is 0.368 e. The van der Waals surface area contributed by atoms with E-state index < -0.39 is 5.95 Å². The van der Waals surface area contributed by atoms with Gasteiger partial charge in [-0.05, 0) is 18.9 Å². The second-order valence-electron chi connectivity index (χ2n) is 5.89. The smallest absolute Gasteiger partial charge is 0.214 e. The monoisotopic (exact) mass is 299 g/mol. The zero-order valence-electron chi connectivity index (χ0n) is 12.3. The molecule has 0 unspecified atom stereocenters. The molecule has 2 aromatic heterocycles. The Morgan fingerprint density at radius 2 is 1.73 bits per heavy atom. The summed E-state index contributed by atoms with van der Waals surface area (Å²) in [5.74, 6) is 1.23. The number of piperazine rings is 1. The summed E-state index contributed by atoms with van der Waals surface area (Å²) in [4.78, 5) is 16.9. The lowest BCUT2D eigenvalue weighted by molar-refractivity contribution is 0.580. The minimum atomic E-state index is -0.426. The summed E-state index contributed by atoms with van der Waals surface area (Å²) >= 11 is 0. The molecule has 2 aromatic rings. The maximum absolute atomic E-state index is 13.2. The van der Waals surface area contributed by atoms with Crippen LogP contribution in [0.5, 0.6) is 0 Å². The van der Waals surface area contributed by atoms with Crippen molar-refractivity contribution in [1.82, 2.24) is 15.0 Å². The number of halogens is 1. The fourth-order valence-electron chi connectivity index (χ4n) is 2.92. The minimum Gasteiger partial charge on any atom is -0.368 e. The highest BCUT2D eigenvalue weighted by atomic mass is 19.1. The Hall–Kier alpha value is -2.24. The summed E-state index contributed by atoms with van der Waals surface area (Å²) in [6, 6.07) is 5.47. The number of pyridine rings is 1. The van der Waals surface area contributed by atoms with E-state index in [1.807, 2.05) is 6.07 Å². The molecule has 1 saturated heterocycles.